The van der Waals surface area contributed by atoms with Crippen LogP contribution in [0.1, 0.15) is 10.4 Å². The fourth-order valence-electron chi connectivity index (χ4n) is 1.49. The zero-order chi connectivity index (χ0) is 13.7. The predicted octanol–water partition coefficient (Wildman–Crippen LogP) is 0.775. The summed E-state index contributed by atoms with van der Waals surface area (Å²) in [6.07, 6.45) is 3.04. The Hall–Kier alpha value is -2.63. The van der Waals surface area contributed by atoms with Crippen LogP contribution in [-0.2, 0) is 9.53 Å². The largest absolute Gasteiger partial charge is 0.468 e. The van der Waals surface area contributed by atoms with Crippen LogP contribution in [0.25, 0.3) is 5.69 Å². The summed E-state index contributed by atoms with van der Waals surface area (Å²) in [6.45, 7) is -0.161. The smallest absolute Gasteiger partial charge is 0.325 e. The third-order valence-electron chi connectivity index (χ3n) is 2.49. The van der Waals surface area contributed by atoms with E-state index in [2.05, 4.69) is 15.2 Å². The number of rotatable bonds is 4. The van der Waals surface area contributed by atoms with E-state index in [1.165, 1.54) is 13.3 Å². The minimum Gasteiger partial charge on any atom is -0.468 e. The molecule has 1 aromatic carbocycles. The van der Waals surface area contributed by atoms with E-state index in [4.69, 9.17) is 0 Å². The highest BCUT2D eigenvalue weighted by atomic mass is 16.5. The van der Waals surface area contributed by atoms with Gasteiger partial charge < -0.3 is 10.1 Å². The highest BCUT2D eigenvalue weighted by Crippen LogP contribution is 2.07. The Morgan fingerprint density at radius 1 is 1.32 bits per heavy atom. The Bertz CT molecular complexity index is 578. The van der Waals surface area contributed by atoms with Crippen LogP contribution in [0, 0.1) is 0 Å². The number of para-hydroxylation sites is 1. The Morgan fingerprint density at radius 3 is 2.74 bits per heavy atom. The molecule has 1 aromatic heterocycles. The zero-order valence-corrected chi connectivity index (χ0v) is 10.4. The normalized spacial score (nSPS) is 9.95. The summed E-state index contributed by atoms with van der Waals surface area (Å²) < 4.78 is 6.03. The summed E-state index contributed by atoms with van der Waals surface area (Å²) in [5, 5.41) is 6.54. The van der Waals surface area contributed by atoms with Crippen molar-refractivity contribution in [1.29, 1.82) is 0 Å². The van der Waals surface area contributed by atoms with E-state index in [0.29, 0.717) is 5.56 Å². The van der Waals surface area contributed by atoms with Gasteiger partial charge in [0.15, 0.2) is 0 Å². The number of esters is 1. The van der Waals surface area contributed by atoms with Gasteiger partial charge in [-0.05, 0) is 12.1 Å². The molecule has 98 valence electrons. The van der Waals surface area contributed by atoms with E-state index in [9.17, 15) is 9.59 Å². The van der Waals surface area contributed by atoms with Gasteiger partial charge in [-0.15, -0.1) is 0 Å². The van der Waals surface area contributed by atoms with Crippen LogP contribution in [0.2, 0.25) is 0 Å². The number of nitrogens with zero attached hydrogens (tertiary/aromatic N) is 2. The predicted molar refractivity (Wildman–Crippen MR) is 67.9 cm³/mol. The standard InChI is InChI=1S/C13H13N3O3/c1-19-12(17)8-14-13(18)10-7-15-16(9-10)11-5-3-2-4-6-11/h2-7,9H,8H2,1H3,(H,14,18). The summed E-state index contributed by atoms with van der Waals surface area (Å²) in [5.74, 6) is -0.864. The van der Waals surface area contributed by atoms with Crippen molar-refractivity contribution in [3.8, 4) is 5.69 Å². The molecule has 2 aromatic rings. The van der Waals surface area contributed by atoms with Gasteiger partial charge in [0.2, 0.25) is 0 Å². The lowest BCUT2D eigenvalue weighted by Crippen LogP contribution is -2.29. The maximum atomic E-state index is 11.7. The quantitative estimate of drug-likeness (QED) is 0.823. The fraction of sp³-hybridized carbons (Fsp3) is 0.154. The number of aromatic nitrogens is 2. The van der Waals surface area contributed by atoms with Gasteiger partial charge in [-0.3, -0.25) is 9.59 Å². The molecule has 1 heterocycles. The number of benzene rings is 1. The number of methoxy groups -OCH3 is 1. The van der Waals surface area contributed by atoms with Crippen LogP contribution in [0.4, 0.5) is 0 Å². The van der Waals surface area contributed by atoms with E-state index >= 15 is 0 Å². The van der Waals surface area contributed by atoms with Gasteiger partial charge in [-0.25, -0.2) is 4.68 Å². The Morgan fingerprint density at radius 2 is 2.05 bits per heavy atom. The topological polar surface area (TPSA) is 73.2 Å². The molecule has 0 bridgehead atoms. The molecule has 6 heteroatoms. The molecule has 2 rings (SSSR count). The van der Waals surface area contributed by atoms with Crippen molar-refractivity contribution in [3.05, 3.63) is 48.3 Å². The van der Waals surface area contributed by atoms with Crippen LogP contribution in [0.3, 0.4) is 0 Å². The molecule has 0 radical (unpaired) electrons. The number of hydrogen-bond donors (Lipinski definition) is 1. The monoisotopic (exact) mass is 259 g/mol. The van der Waals surface area contributed by atoms with Crippen molar-refractivity contribution < 1.29 is 14.3 Å². The molecular weight excluding hydrogens is 246 g/mol. The molecule has 0 aliphatic heterocycles. The minimum absolute atomic E-state index is 0.161. The molecule has 19 heavy (non-hydrogen) atoms. The third kappa shape index (κ3) is 3.19. The van der Waals surface area contributed by atoms with Gasteiger partial charge in [0, 0.05) is 6.20 Å². The molecule has 1 amide bonds. The summed E-state index contributed by atoms with van der Waals surface area (Å²) in [4.78, 5) is 22.7. The first kappa shape index (κ1) is 12.8. The highest BCUT2D eigenvalue weighted by Gasteiger charge is 2.10. The molecule has 6 nitrogen and oxygen atoms in total. The number of nitrogens with one attached hydrogen (secondary N) is 1. The van der Waals surface area contributed by atoms with Gasteiger partial charge in [-0.2, -0.15) is 5.10 Å². The molecule has 0 saturated heterocycles. The fourth-order valence-corrected chi connectivity index (χ4v) is 1.49. The van der Waals surface area contributed by atoms with Gasteiger partial charge in [0.1, 0.15) is 6.54 Å². The Labute approximate surface area is 110 Å². The first-order valence-electron chi connectivity index (χ1n) is 5.66. The van der Waals surface area contributed by atoms with Crippen molar-refractivity contribution in [2.45, 2.75) is 0 Å². The third-order valence-corrected chi connectivity index (χ3v) is 2.49. The van der Waals surface area contributed by atoms with Crippen LogP contribution in [-0.4, -0.2) is 35.3 Å². The van der Waals surface area contributed by atoms with Gasteiger partial charge in [-0.1, -0.05) is 18.2 Å². The molecule has 0 saturated carbocycles. The van der Waals surface area contributed by atoms with Gasteiger partial charge in [0.25, 0.3) is 5.91 Å². The van der Waals surface area contributed by atoms with Crippen molar-refractivity contribution in [2.75, 3.05) is 13.7 Å². The number of hydrogen-bond acceptors (Lipinski definition) is 4. The summed E-state index contributed by atoms with van der Waals surface area (Å²) in [7, 11) is 1.27. The Balaban J connectivity index is 2.05. The van der Waals surface area contributed by atoms with Crippen LogP contribution < -0.4 is 5.32 Å². The number of carbonyl (C=O) groups is 2. The Kier molecular flexibility index (Phi) is 3.92. The van der Waals surface area contributed by atoms with Crippen LogP contribution in [0.15, 0.2) is 42.7 Å². The second-order valence-electron chi connectivity index (χ2n) is 3.77. The molecule has 0 unspecified atom stereocenters. The second kappa shape index (κ2) is 5.81. The summed E-state index contributed by atoms with van der Waals surface area (Å²) >= 11 is 0. The molecule has 0 spiro atoms. The van der Waals surface area contributed by atoms with Crippen LogP contribution >= 0.6 is 0 Å². The van der Waals surface area contributed by atoms with Crippen molar-refractivity contribution >= 4 is 11.9 Å². The van der Waals surface area contributed by atoms with E-state index < -0.39 is 5.97 Å². The highest BCUT2D eigenvalue weighted by molar-refractivity contribution is 5.95. The van der Waals surface area contributed by atoms with Gasteiger partial charge >= 0.3 is 5.97 Å². The lowest BCUT2D eigenvalue weighted by atomic mass is 10.3. The second-order valence-corrected chi connectivity index (χ2v) is 3.77. The molecule has 0 aliphatic rings. The first-order chi connectivity index (χ1) is 9.20. The van der Waals surface area contributed by atoms with E-state index in [-0.39, 0.29) is 12.5 Å². The van der Waals surface area contributed by atoms with Gasteiger partial charge in [0.05, 0.1) is 24.6 Å². The van der Waals surface area contributed by atoms with Crippen molar-refractivity contribution in [2.24, 2.45) is 0 Å². The summed E-state index contributed by atoms with van der Waals surface area (Å²) in [5.41, 5.74) is 1.24. The zero-order valence-electron chi connectivity index (χ0n) is 10.4. The number of amides is 1. The molecule has 0 fully saturated rings. The maximum absolute atomic E-state index is 11.7. The maximum Gasteiger partial charge on any atom is 0.325 e. The van der Waals surface area contributed by atoms with E-state index in [0.717, 1.165) is 5.69 Å². The molecule has 0 atom stereocenters. The number of carbonyl (C=O) groups excluding carboxylic acids is 2. The summed E-state index contributed by atoms with van der Waals surface area (Å²) in [6, 6.07) is 9.42. The lowest BCUT2D eigenvalue weighted by Gasteiger charge is -2.01. The van der Waals surface area contributed by atoms with Crippen molar-refractivity contribution in [3.63, 3.8) is 0 Å². The molecular formula is C13H13N3O3. The van der Waals surface area contributed by atoms with E-state index in [1.807, 2.05) is 30.3 Å². The lowest BCUT2D eigenvalue weighted by molar-refractivity contribution is -0.139. The van der Waals surface area contributed by atoms with Crippen molar-refractivity contribution in [1.82, 2.24) is 15.1 Å². The van der Waals surface area contributed by atoms with E-state index in [1.54, 1.807) is 10.9 Å². The van der Waals surface area contributed by atoms with Crippen LogP contribution in [0.5, 0.6) is 0 Å². The minimum atomic E-state index is -0.496. The molecule has 1 N–H and O–H groups in total. The average Bonchev–Trinajstić information content (AvgIpc) is 2.95. The SMILES string of the molecule is COC(=O)CNC(=O)c1cnn(-c2ccccc2)c1. The number of ether oxygens (including phenoxy) is 1. The first-order valence-corrected chi connectivity index (χ1v) is 5.66. The average molecular weight is 259 g/mol. The molecule has 0 aliphatic carbocycles.